The third-order valence-electron chi connectivity index (χ3n) is 3.21. The molecule has 104 valence electrons. The molecule has 2 rings (SSSR count). The molecule has 0 radical (unpaired) electrons. The van der Waals surface area contributed by atoms with E-state index in [1.54, 1.807) is 30.3 Å². The van der Waals surface area contributed by atoms with Crippen molar-refractivity contribution in [2.24, 2.45) is 0 Å². The maximum atomic E-state index is 12.0. The fourth-order valence-corrected chi connectivity index (χ4v) is 2.25. The Kier molecular flexibility index (Phi) is 3.98. The van der Waals surface area contributed by atoms with E-state index in [4.69, 9.17) is 0 Å². The Labute approximate surface area is 117 Å². The van der Waals surface area contributed by atoms with Crippen molar-refractivity contribution in [2.75, 3.05) is 0 Å². The maximum Gasteiger partial charge on any atom is 0.292 e. The lowest BCUT2D eigenvalue weighted by Crippen LogP contribution is -2.33. The second-order valence-electron chi connectivity index (χ2n) is 4.74. The van der Waals surface area contributed by atoms with Gasteiger partial charge in [-0.3, -0.25) is 14.7 Å². The van der Waals surface area contributed by atoms with Gasteiger partial charge < -0.3 is 5.32 Å². The predicted molar refractivity (Wildman–Crippen MR) is 75.4 cm³/mol. The molecule has 1 atom stereocenters. The summed E-state index contributed by atoms with van der Waals surface area (Å²) in [5, 5.41) is 9.67. The van der Waals surface area contributed by atoms with E-state index in [1.165, 1.54) is 0 Å². The van der Waals surface area contributed by atoms with Crippen LogP contribution in [0.15, 0.2) is 30.3 Å². The smallest absolute Gasteiger partial charge is 0.292 e. The van der Waals surface area contributed by atoms with Gasteiger partial charge in [-0.25, -0.2) is 0 Å². The lowest BCUT2D eigenvalue weighted by molar-refractivity contribution is -0.117. The molecule has 2 N–H and O–H groups in total. The second-order valence-corrected chi connectivity index (χ2v) is 4.74. The number of amides is 1. The van der Waals surface area contributed by atoms with Gasteiger partial charge in [0.1, 0.15) is 0 Å². The Bertz CT molecular complexity index is 612. The molecule has 5 nitrogen and oxygen atoms in total. The van der Waals surface area contributed by atoms with Gasteiger partial charge in [0.05, 0.1) is 11.7 Å². The Balaban J connectivity index is 2.11. The Morgan fingerprint density at radius 3 is 2.40 bits per heavy atom. The van der Waals surface area contributed by atoms with E-state index in [1.807, 2.05) is 20.8 Å². The van der Waals surface area contributed by atoms with Crippen LogP contribution in [0.2, 0.25) is 0 Å². The number of ketones is 1. The summed E-state index contributed by atoms with van der Waals surface area (Å²) in [6.45, 7) is 5.58. The summed E-state index contributed by atoms with van der Waals surface area (Å²) >= 11 is 0. The fraction of sp³-hybridized carbons (Fsp3) is 0.267. The Morgan fingerprint density at radius 2 is 1.85 bits per heavy atom. The predicted octanol–water partition coefficient (Wildman–Crippen LogP) is 2.09. The number of H-pyrrole nitrogens is 1. The van der Waals surface area contributed by atoms with Crippen LogP contribution in [0.25, 0.3) is 0 Å². The minimum atomic E-state index is -0.608. The van der Waals surface area contributed by atoms with Gasteiger partial charge in [-0.15, -0.1) is 0 Å². The van der Waals surface area contributed by atoms with Crippen molar-refractivity contribution in [1.82, 2.24) is 15.5 Å². The van der Waals surface area contributed by atoms with E-state index in [0.717, 1.165) is 17.0 Å². The van der Waals surface area contributed by atoms with Crippen LogP contribution in [-0.4, -0.2) is 21.9 Å². The quantitative estimate of drug-likeness (QED) is 0.660. The first kappa shape index (κ1) is 14.0. The molecule has 1 aromatic carbocycles. The monoisotopic (exact) mass is 271 g/mol. The molecular weight excluding hydrogens is 254 g/mol. The van der Waals surface area contributed by atoms with Crippen molar-refractivity contribution in [1.29, 1.82) is 0 Å². The number of hydrogen-bond acceptors (Lipinski definition) is 3. The molecule has 1 aromatic heterocycles. The van der Waals surface area contributed by atoms with Gasteiger partial charge >= 0.3 is 0 Å². The topological polar surface area (TPSA) is 74.8 Å². The maximum absolute atomic E-state index is 12.0. The Hall–Kier alpha value is -2.43. The average Bonchev–Trinajstić information content (AvgIpc) is 2.78. The summed E-state index contributed by atoms with van der Waals surface area (Å²) in [6.07, 6.45) is 0. The first-order valence-corrected chi connectivity index (χ1v) is 6.42. The number of carbonyl (C=O) groups is 2. The van der Waals surface area contributed by atoms with Gasteiger partial charge in [0.25, 0.3) is 5.91 Å². The molecule has 0 saturated heterocycles. The van der Waals surface area contributed by atoms with Crippen molar-refractivity contribution in [3.63, 3.8) is 0 Å². The zero-order valence-corrected chi connectivity index (χ0v) is 11.7. The number of benzene rings is 1. The molecule has 0 fully saturated rings. The van der Waals surface area contributed by atoms with Gasteiger partial charge in [-0.1, -0.05) is 30.3 Å². The number of carbonyl (C=O) groups excluding carboxylic acids is 2. The highest BCUT2D eigenvalue weighted by Crippen LogP contribution is 2.18. The highest BCUT2D eigenvalue weighted by atomic mass is 16.2. The van der Waals surface area contributed by atoms with Crippen LogP contribution in [0, 0.1) is 13.8 Å². The number of aromatic nitrogens is 2. The van der Waals surface area contributed by atoms with Crippen LogP contribution < -0.4 is 5.32 Å². The standard InChI is InChI=1S/C15H17N3O2/c1-9(13-10(2)17-18-11(13)3)16-15(20)14(19)12-7-5-4-6-8-12/h4-9H,1-3H3,(H,16,20)(H,17,18). The molecule has 1 heterocycles. The van der Waals surface area contributed by atoms with Gasteiger partial charge in [-0.05, 0) is 20.8 Å². The lowest BCUT2D eigenvalue weighted by Gasteiger charge is -2.14. The van der Waals surface area contributed by atoms with Crippen LogP contribution in [0.1, 0.15) is 40.3 Å². The number of nitrogens with one attached hydrogen (secondary N) is 2. The van der Waals surface area contributed by atoms with Crippen molar-refractivity contribution < 1.29 is 9.59 Å². The molecule has 0 spiro atoms. The zero-order chi connectivity index (χ0) is 14.7. The van der Waals surface area contributed by atoms with Crippen LogP contribution in [0.5, 0.6) is 0 Å². The van der Waals surface area contributed by atoms with Crippen LogP contribution in [0.3, 0.4) is 0 Å². The number of rotatable bonds is 4. The normalized spacial score (nSPS) is 11.9. The second kappa shape index (κ2) is 5.69. The molecule has 0 aliphatic rings. The summed E-state index contributed by atoms with van der Waals surface area (Å²) in [5.41, 5.74) is 3.02. The molecule has 2 aromatic rings. The molecule has 5 heteroatoms. The number of Topliss-reactive ketones (excluding diaryl/α,β-unsaturated/α-hetero) is 1. The summed E-state index contributed by atoms with van der Waals surface area (Å²) in [5.74, 6) is -1.14. The van der Waals surface area contributed by atoms with E-state index >= 15 is 0 Å². The molecule has 1 unspecified atom stereocenters. The van der Waals surface area contributed by atoms with Crippen LogP contribution >= 0.6 is 0 Å². The summed E-state index contributed by atoms with van der Waals surface area (Å²) in [6, 6.07) is 8.24. The largest absolute Gasteiger partial charge is 0.343 e. The van der Waals surface area contributed by atoms with Gasteiger partial charge in [0.2, 0.25) is 5.78 Å². The van der Waals surface area contributed by atoms with E-state index in [2.05, 4.69) is 15.5 Å². The molecule has 20 heavy (non-hydrogen) atoms. The van der Waals surface area contributed by atoms with E-state index in [9.17, 15) is 9.59 Å². The van der Waals surface area contributed by atoms with Crippen molar-refractivity contribution in [2.45, 2.75) is 26.8 Å². The van der Waals surface area contributed by atoms with Gasteiger partial charge in [0, 0.05) is 16.8 Å². The van der Waals surface area contributed by atoms with Gasteiger partial charge in [-0.2, -0.15) is 5.10 Å². The molecule has 0 aliphatic carbocycles. The highest BCUT2D eigenvalue weighted by molar-refractivity contribution is 6.42. The minimum Gasteiger partial charge on any atom is -0.343 e. The SMILES string of the molecule is Cc1n[nH]c(C)c1C(C)NC(=O)C(=O)c1ccccc1. The number of aromatic amines is 1. The first-order valence-electron chi connectivity index (χ1n) is 6.42. The number of aryl methyl sites for hydroxylation is 2. The third-order valence-corrected chi connectivity index (χ3v) is 3.21. The summed E-state index contributed by atoms with van der Waals surface area (Å²) in [4.78, 5) is 24.0. The molecular formula is C15H17N3O2. The lowest BCUT2D eigenvalue weighted by atomic mass is 10.1. The average molecular weight is 271 g/mol. The van der Waals surface area contributed by atoms with Crippen LogP contribution in [0.4, 0.5) is 0 Å². The molecule has 0 bridgehead atoms. The first-order chi connectivity index (χ1) is 9.50. The Morgan fingerprint density at radius 1 is 1.20 bits per heavy atom. The number of nitrogens with zero attached hydrogens (tertiary/aromatic N) is 1. The van der Waals surface area contributed by atoms with E-state index in [0.29, 0.717) is 5.56 Å². The van der Waals surface area contributed by atoms with Crippen molar-refractivity contribution >= 4 is 11.7 Å². The third kappa shape index (κ3) is 2.77. The molecule has 0 aliphatic heterocycles. The minimum absolute atomic E-state index is 0.270. The highest BCUT2D eigenvalue weighted by Gasteiger charge is 2.21. The summed E-state index contributed by atoms with van der Waals surface area (Å²) < 4.78 is 0. The van der Waals surface area contributed by atoms with Crippen LogP contribution in [-0.2, 0) is 4.79 Å². The number of hydrogen-bond donors (Lipinski definition) is 2. The van der Waals surface area contributed by atoms with Crippen molar-refractivity contribution in [3.8, 4) is 0 Å². The molecule has 0 saturated carbocycles. The molecule has 1 amide bonds. The zero-order valence-electron chi connectivity index (χ0n) is 11.7. The summed E-state index contributed by atoms with van der Waals surface area (Å²) in [7, 11) is 0. The van der Waals surface area contributed by atoms with Gasteiger partial charge in [0.15, 0.2) is 0 Å². The van der Waals surface area contributed by atoms with Crippen molar-refractivity contribution in [3.05, 3.63) is 52.8 Å². The fourth-order valence-electron chi connectivity index (χ4n) is 2.25. The van der Waals surface area contributed by atoms with E-state index in [-0.39, 0.29) is 6.04 Å². The van der Waals surface area contributed by atoms with E-state index < -0.39 is 11.7 Å².